The van der Waals surface area contributed by atoms with E-state index >= 15 is 0 Å². The van der Waals surface area contributed by atoms with Gasteiger partial charge in [-0.3, -0.25) is 9.10 Å². The third kappa shape index (κ3) is 5.25. The molecule has 14 heteroatoms. The number of nitrogen functional groups attached to an aromatic ring is 1. The fourth-order valence-electron chi connectivity index (χ4n) is 5.02. The molecule has 0 aliphatic carbocycles. The average Bonchev–Trinajstić information content (AvgIpc) is 3.64. The van der Waals surface area contributed by atoms with Crippen LogP contribution in [-0.4, -0.2) is 47.9 Å². The Kier molecular flexibility index (Phi) is 7.00. The summed E-state index contributed by atoms with van der Waals surface area (Å²) in [5, 5.41) is 4.64. The number of rotatable bonds is 8. The standard InChI is InChI=1S/C29H24F3N5O5S/c1-16-11-18(41-25-6-3-2-5-20(25)30)7-8-23(16)37-28(33)19(15-34-37)27(38)22-12-17-13-26(42-29(31)32)24(14-21(17)35-22)36-9-4-10-43(36,39)40/h2-3,5-8,11-15,29,35H,4,9-10,33H2,1H3. The van der Waals surface area contributed by atoms with E-state index in [4.69, 9.17) is 10.5 Å². The lowest BCUT2D eigenvalue weighted by Crippen LogP contribution is -2.26. The Morgan fingerprint density at radius 1 is 1.07 bits per heavy atom. The van der Waals surface area contributed by atoms with E-state index in [-0.39, 0.29) is 46.6 Å². The van der Waals surface area contributed by atoms with Crippen molar-refractivity contribution in [2.45, 2.75) is 20.0 Å². The molecule has 43 heavy (non-hydrogen) atoms. The van der Waals surface area contributed by atoms with Crippen molar-refractivity contribution in [1.29, 1.82) is 0 Å². The van der Waals surface area contributed by atoms with Crippen molar-refractivity contribution in [3.63, 3.8) is 0 Å². The monoisotopic (exact) mass is 611 g/mol. The van der Waals surface area contributed by atoms with E-state index in [2.05, 4.69) is 14.8 Å². The van der Waals surface area contributed by atoms with Gasteiger partial charge in [-0.2, -0.15) is 13.9 Å². The molecule has 0 saturated carbocycles. The molecule has 1 aliphatic heterocycles. The van der Waals surface area contributed by atoms with Gasteiger partial charge in [0.15, 0.2) is 17.3 Å². The number of halogens is 3. The largest absolute Gasteiger partial charge is 0.454 e. The first-order valence-corrected chi connectivity index (χ1v) is 14.7. The number of sulfonamides is 1. The molecule has 1 fully saturated rings. The number of H-pyrrole nitrogens is 1. The number of benzene rings is 3. The molecule has 0 bridgehead atoms. The molecule has 3 heterocycles. The molecule has 10 nitrogen and oxygen atoms in total. The number of nitrogens with one attached hydrogen (secondary N) is 1. The maximum Gasteiger partial charge on any atom is 0.387 e. The number of alkyl halides is 2. The first kappa shape index (κ1) is 28.2. The van der Waals surface area contributed by atoms with Gasteiger partial charge in [0.25, 0.3) is 0 Å². The van der Waals surface area contributed by atoms with Gasteiger partial charge in [-0.1, -0.05) is 12.1 Å². The number of nitrogens with two attached hydrogens (primary N) is 1. The number of hydrogen-bond acceptors (Lipinski definition) is 7. The fourth-order valence-corrected chi connectivity index (χ4v) is 6.58. The molecule has 1 aliphatic rings. The highest BCUT2D eigenvalue weighted by molar-refractivity contribution is 7.93. The molecule has 3 aromatic carbocycles. The highest BCUT2D eigenvalue weighted by Gasteiger charge is 2.32. The maximum absolute atomic E-state index is 14.0. The van der Waals surface area contributed by atoms with Crippen molar-refractivity contribution >= 4 is 38.2 Å². The van der Waals surface area contributed by atoms with Crippen LogP contribution in [0.1, 0.15) is 28.0 Å². The predicted octanol–water partition coefficient (Wildman–Crippen LogP) is 5.55. The van der Waals surface area contributed by atoms with Gasteiger partial charge in [-0.25, -0.2) is 17.5 Å². The van der Waals surface area contributed by atoms with Gasteiger partial charge in [0.2, 0.25) is 15.8 Å². The number of para-hydroxylation sites is 1. The Labute approximate surface area is 243 Å². The van der Waals surface area contributed by atoms with Gasteiger partial charge in [-0.05, 0) is 67.4 Å². The molecule has 0 atom stereocenters. The molecule has 3 N–H and O–H groups in total. The zero-order chi connectivity index (χ0) is 30.5. The number of nitrogens with zero attached hydrogens (tertiary/aromatic N) is 3. The molecule has 222 valence electrons. The molecule has 2 aromatic heterocycles. The number of carbonyl (C=O) groups is 1. The topological polar surface area (TPSA) is 133 Å². The normalized spacial score (nSPS) is 14.5. The van der Waals surface area contributed by atoms with Crippen molar-refractivity contribution in [3.05, 3.63) is 89.5 Å². The summed E-state index contributed by atoms with van der Waals surface area (Å²) in [6.07, 6.45) is 1.65. The summed E-state index contributed by atoms with van der Waals surface area (Å²) < 4.78 is 78.1. The first-order chi connectivity index (χ1) is 20.5. The van der Waals surface area contributed by atoms with Crippen LogP contribution in [0.3, 0.4) is 0 Å². The Balaban J connectivity index is 1.31. The summed E-state index contributed by atoms with van der Waals surface area (Å²) in [6.45, 7) is -1.29. The zero-order valence-electron chi connectivity index (χ0n) is 22.6. The van der Waals surface area contributed by atoms with Crippen LogP contribution in [-0.2, 0) is 10.0 Å². The van der Waals surface area contributed by atoms with Crippen LogP contribution in [0.2, 0.25) is 0 Å². The molecule has 0 radical (unpaired) electrons. The van der Waals surface area contributed by atoms with Gasteiger partial charge in [-0.15, -0.1) is 0 Å². The lowest BCUT2D eigenvalue weighted by atomic mass is 10.1. The Hall–Kier alpha value is -4.98. The highest BCUT2D eigenvalue weighted by Crippen LogP contribution is 2.38. The first-order valence-electron chi connectivity index (χ1n) is 13.1. The van der Waals surface area contributed by atoms with Crippen LogP contribution >= 0.6 is 0 Å². The van der Waals surface area contributed by atoms with Gasteiger partial charge in [0, 0.05) is 17.4 Å². The second kappa shape index (κ2) is 10.7. The minimum Gasteiger partial charge on any atom is -0.454 e. The fraction of sp³-hybridized carbons (Fsp3) is 0.172. The second-order valence-corrected chi connectivity index (χ2v) is 11.9. The Morgan fingerprint density at radius 3 is 2.56 bits per heavy atom. The minimum absolute atomic E-state index is 0.0418. The molecular formula is C29H24F3N5O5S. The number of ether oxygens (including phenoxy) is 2. The number of aromatic amines is 1. The van der Waals surface area contributed by atoms with E-state index in [1.54, 1.807) is 37.3 Å². The number of hydrogen-bond donors (Lipinski definition) is 2. The van der Waals surface area contributed by atoms with Crippen molar-refractivity contribution < 1.29 is 35.9 Å². The second-order valence-electron chi connectivity index (χ2n) is 9.88. The number of ketones is 1. The van der Waals surface area contributed by atoms with Crippen LogP contribution in [0.4, 0.5) is 24.7 Å². The summed E-state index contributed by atoms with van der Waals surface area (Å²) in [4.78, 5) is 16.4. The summed E-state index contributed by atoms with van der Waals surface area (Å²) in [7, 11) is -3.70. The average molecular weight is 612 g/mol. The van der Waals surface area contributed by atoms with E-state index in [1.165, 1.54) is 41.2 Å². The summed E-state index contributed by atoms with van der Waals surface area (Å²) in [5.74, 6) is -0.961. The molecule has 0 amide bonds. The molecule has 1 saturated heterocycles. The predicted molar refractivity (Wildman–Crippen MR) is 153 cm³/mol. The van der Waals surface area contributed by atoms with Crippen molar-refractivity contribution in [1.82, 2.24) is 14.8 Å². The van der Waals surface area contributed by atoms with Crippen LogP contribution in [0.25, 0.3) is 16.6 Å². The Morgan fingerprint density at radius 2 is 1.86 bits per heavy atom. The van der Waals surface area contributed by atoms with Crippen LogP contribution in [0, 0.1) is 12.7 Å². The molecule has 5 aromatic rings. The van der Waals surface area contributed by atoms with Crippen molar-refractivity contribution in [2.24, 2.45) is 0 Å². The summed E-state index contributed by atoms with van der Waals surface area (Å²) in [5.41, 5.74) is 8.03. The highest BCUT2D eigenvalue weighted by atomic mass is 32.2. The molecule has 0 spiro atoms. The lowest BCUT2D eigenvalue weighted by molar-refractivity contribution is -0.0493. The van der Waals surface area contributed by atoms with Crippen molar-refractivity contribution in [3.8, 4) is 22.9 Å². The van der Waals surface area contributed by atoms with Crippen LogP contribution in [0.15, 0.2) is 66.9 Å². The summed E-state index contributed by atoms with van der Waals surface area (Å²) >= 11 is 0. The Bertz CT molecular complexity index is 1990. The zero-order valence-corrected chi connectivity index (χ0v) is 23.4. The van der Waals surface area contributed by atoms with Gasteiger partial charge >= 0.3 is 6.61 Å². The molecule has 0 unspecified atom stereocenters. The molecular weight excluding hydrogens is 587 g/mol. The van der Waals surface area contributed by atoms with Gasteiger partial charge < -0.3 is 20.2 Å². The van der Waals surface area contributed by atoms with Crippen LogP contribution in [0.5, 0.6) is 17.2 Å². The number of fused-ring (bicyclic) bond motifs is 1. The van der Waals surface area contributed by atoms with Gasteiger partial charge in [0.1, 0.15) is 11.6 Å². The lowest BCUT2D eigenvalue weighted by Gasteiger charge is -2.20. The summed E-state index contributed by atoms with van der Waals surface area (Å²) in [6, 6.07) is 15.1. The van der Waals surface area contributed by atoms with E-state index in [0.717, 1.165) is 4.31 Å². The SMILES string of the molecule is Cc1cc(Oc2ccccc2F)ccc1-n1ncc(C(=O)c2cc3cc(OC(F)F)c(N4CCCS4(=O)=O)cc3[nH]2)c1N. The smallest absolute Gasteiger partial charge is 0.387 e. The van der Waals surface area contributed by atoms with E-state index < -0.39 is 28.2 Å². The van der Waals surface area contributed by atoms with E-state index in [1.807, 2.05) is 0 Å². The minimum atomic E-state index is -3.70. The third-order valence-electron chi connectivity index (χ3n) is 7.04. The maximum atomic E-state index is 14.0. The number of anilines is 2. The molecule has 6 rings (SSSR count). The number of carbonyl (C=O) groups excluding carboxylic acids is 1. The number of aryl methyl sites for hydroxylation is 1. The third-order valence-corrected chi connectivity index (χ3v) is 8.90. The van der Waals surface area contributed by atoms with Gasteiger partial charge in [0.05, 0.1) is 34.6 Å². The van der Waals surface area contributed by atoms with E-state index in [0.29, 0.717) is 34.3 Å². The van der Waals surface area contributed by atoms with Crippen molar-refractivity contribution in [2.75, 3.05) is 22.3 Å². The van der Waals surface area contributed by atoms with E-state index in [9.17, 15) is 26.4 Å². The van der Waals surface area contributed by atoms with Crippen LogP contribution < -0.4 is 19.5 Å². The number of aromatic nitrogens is 3. The quantitative estimate of drug-likeness (QED) is 0.220.